The largest absolute Gasteiger partial charge is 0.506 e. The van der Waals surface area contributed by atoms with Gasteiger partial charge in [-0.05, 0) is 25.3 Å². The lowest BCUT2D eigenvalue weighted by molar-refractivity contribution is -0.138. The number of carbonyl (C=O) groups excluding carboxylic acids is 1. The number of fused-ring (bicyclic) bond motifs is 1. The van der Waals surface area contributed by atoms with Crippen molar-refractivity contribution < 1.29 is 19.8 Å². The van der Waals surface area contributed by atoms with Crippen LogP contribution in [0.25, 0.3) is 10.8 Å². The summed E-state index contributed by atoms with van der Waals surface area (Å²) >= 11 is 0. The smallest absolute Gasteiger partial charge is 0.323 e. The van der Waals surface area contributed by atoms with Crippen molar-refractivity contribution in [1.29, 1.82) is 0 Å². The molecule has 0 spiro atoms. The van der Waals surface area contributed by atoms with E-state index in [1.807, 2.05) is 12.1 Å². The number of rotatable bonds is 4. The van der Waals surface area contributed by atoms with E-state index in [0.717, 1.165) is 5.39 Å². The molecule has 2 N–H and O–H groups in total. The second kappa shape index (κ2) is 5.83. The third-order valence-electron chi connectivity index (χ3n) is 3.32. The standard InChI is InChI=1S/C16H17NO4/c1-10(2)17(9-14(18)19)16(21)13-8-7-11-5-3-4-6-12(11)15(13)20/h3-8,10,20H,9H2,1-2H3,(H,18,19). The van der Waals surface area contributed by atoms with Gasteiger partial charge in [-0.3, -0.25) is 9.59 Å². The van der Waals surface area contributed by atoms with Gasteiger partial charge < -0.3 is 15.1 Å². The topological polar surface area (TPSA) is 77.8 Å². The van der Waals surface area contributed by atoms with Crippen molar-refractivity contribution in [2.45, 2.75) is 19.9 Å². The molecule has 5 heteroatoms. The number of phenols is 1. The SMILES string of the molecule is CC(C)N(CC(=O)O)C(=O)c1ccc2ccccc2c1O. The van der Waals surface area contributed by atoms with E-state index in [0.29, 0.717) is 5.39 Å². The van der Waals surface area contributed by atoms with Gasteiger partial charge in [-0.1, -0.05) is 30.3 Å². The second-order valence-corrected chi connectivity index (χ2v) is 5.10. The molecule has 0 aliphatic carbocycles. The monoisotopic (exact) mass is 287 g/mol. The van der Waals surface area contributed by atoms with Gasteiger partial charge in [0.25, 0.3) is 5.91 Å². The van der Waals surface area contributed by atoms with E-state index in [4.69, 9.17) is 5.11 Å². The molecule has 21 heavy (non-hydrogen) atoms. The number of carbonyl (C=O) groups is 2. The summed E-state index contributed by atoms with van der Waals surface area (Å²) in [6.07, 6.45) is 0. The summed E-state index contributed by atoms with van der Waals surface area (Å²) in [7, 11) is 0. The lowest BCUT2D eigenvalue weighted by atomic mass is 10.0. The Hall–Kier alpha value is -2.56. The van der Waals surface area contributed by atoms with Crippen LogP contribution in [-0.4, -0.2) is 39.6 Å². The maximum atomic E-state index is 12.5. The molecule has 1 amide bonds. The molecule has 2 aromatic carbocycles. The Bertz CT molecular complexity index is 694. The number of aromatic hydroxyl groups is 1. The highest BCUT2D eigenvalue weighted by Gasteiger charge is 2.24. The second-order valence-electron chi connectivity index (χ2n) is 5.10. The van der Waals surface area contributed by atoms with Crippen LogP contribution < -0.4 is 0 Å². The van der Waals surface area contributed by atoms with Gasteiger partial charge in [0.1, 0.15) is 12.3 Å². The zero-order valence-electron chi connectivity index (χ0n) is 11.9. The first-order chi connectivity index (χ1) is 9.91. The summed E-state index contributed by atoms with van der Waals surface area (Å²) in [5, 5.41) is 20.6. The predicted molar refractivity (Wildman–Crippen MR) is 79.4 cm³/mol. The summed E-state index contributed by atoms with van der Waals surface area (Å²) in [6.45, 7) is 3.07. The average molecular weight is 287 g/mol. The van der Waals surface area contributed by atoms with E-state index in [2.05, 4.69) is 0 Å². The minimum atomic E-state index is -1.09. The van der Waals surface area contributed by atoms with Gasteiger partial charge in [-0.2, -0.15) is 0 Å². The summed E-state index contributed by atoms with van der Waals surface area (Å²) in [5.41, 5.74) is 0.114. The number of phenolic OH excluding ortho intramolecular Hbond substituents is 1. The molecule has 2 rings (SSSR count). The number of carboxylic acids is 1. The summed E-state index contributed by atoms with van der Waals surface area (Å²) < 4.78 is 0. The molecule has 0 atom stereocenters. The number of aliphatic carboxylic acids is 1. The molecular formula is C16H17NO4. The van der Waals surface area contributed by atoms with Gasteiger partial charge in [-0.25, -0.2) is 0 Å². The van der Waals surface area contributed by atoms with Crippen molar-refractivity contribution in [2.24, 2.45) is 0 Å². The molecule has 0 aliphatic rings. The van der Waals surface area contributed by atoms with Crippen LogP contribution in [0.15, 0.2) is 36.4 Å². The van der Waals surface area contributed by atoms with Crippen molar-refractivity contribution in [3.63, 3.8) is 0 Å². The normalized spacial score (nSPS) is 10.8. The Labute approximate surface area is 122 Å². The predicted octanol–water partition coefficient (Wildman–Crippen LogP) is 2.48. The average Bonchev–Trinajstić information content (AvgIpc) is 2.44. The molecule has 0 aliphatic heterocycles. The molecule has 2 aromatic rings. The summed E-state index contributed by atoms with van der Waals surface area (Å²) in [4.78, 5) is 24.6. The third-order valence-corrected chi connectivity index (χ3v) is 3.32. The molecule has 0 aromatic heterocycles. The van der Waals surface area contributed by atoms with E-state index in [1.54, 1.807) is 32.0 Å². The fourth-order valence-corrected chi connectivity index (χ4v) is 2.22. The van der Waals surface area contributed by atoms with Crippen molar-refractivity contribution in [3.8, 4) is 5.75 Å². The van der Waals surface area contributed by atoms with Gasteiger partial charge in [0, 0.05) is 11.4 Å². The van der Waals surface area contributed by atoms with Crippen LogP contribution in [0.1, 0.15) is 24.2 Å². The number of nitrogens with zero attached hydrogens (tertiary/aromatic N) is 1. The van der Waals surface area contributed by atoms with Crippen LogP contribution in [0.3, 0.4) is 0 Å². The Balaban J connectivity index is 2.47. The molecule has 0 fully saturated rings. The highest BCUT2D eigenvalue weighted by atomic mass is 16.4. The highest BCUT2D eigenvalue weighted by Crippen LogP contribution is 2.29. The van der Waals surface area contributed by atoms with Crippen LogP contribution in [0.5, 0.6) is 5.75 Å². The fraction of sp³-hybridized carbons (Fsp3) is 0.250. The van der Waals surface area contributed by atoms with E-state index in [1.165, 1.54) is 11.0 Å². The zero-order chi connectivity index (χ0) is 15.6. The molecule has 0 radical (unpaired) electrons. The van der Waals surface area contributed by atoms with E-state index >= 15 is 0 Å². The quantitative estimate of drug-likeness (QED) is 0.905. The van der Waals surface area contributed by atoms with E-state index in [9.17, 15) is 14.7 Å². The minimum Gasteiger partial charge on any atom is -0.506 e. The molecule has 0 saturated carbocycles. The lowest BCUT2D eigenvalue weighted by Crippen LogP contribution is -2.40. The molecule has 0 heterocycles. The summed E-state index contributed by atoms with van der Waals surface area (Å²) in [6, 6.07) is 10.2. The number of hydrogen-bond acceptors (Lipinski definition) is 3. The van der Waals surface area contributed by atoms with Gasteiger partial charge >= 0.3 is 5.97 Å². The first-order valence-corrected chi connectivity index (χ1v) is 6.65. The van der Waals surface area contributed by atoms with Crippen LogP contribution >= 0.6 is 0 Å². The van der Waals surface area contributed by atoms with E-state index in [-0.39, 0.29) is 17.4 Å². The number of amides is 1. The Kier molecular flexibility index (Phi) is 4.12. The Morgan fingerprint density at radius 3 is 2.43 bits per heavy atom. The van der Waals surface area contributed by atoms with Crippen LogP contribution in [0.4, 0.5) is 0 Å². The molecule has 0 saturated heterocycles. The molecule has 0 bridgehead atoms. The van der Waals surface area contributed by atoms with Gasteiger partial charge in [0.2, 0.25) is 0 Å². The van der Waals surface area contributed by atoms with Crippen molar-refractivity contribution in [3.05, 3.63) is 42.0 Å². The Morgan fingerprint density at radius 1 is 1.14 bits per heavy atom. The van der Waals surface area contributed by atoms with Gasteiger partial charge in [0.05, 0.1) is 5.56 Å². The van der Waals surface area contributed by atoms with Crippen molar-refractivity contribution in [2.75, 3.05) is 6.54 Å². The van der Waals surface area contributed by atoms with Crippen molar-refractivity contribution in [1.82, 2.24) is 4.90 Å². The Morgan fingerprint density at radius 2 is 1.81 bits per heavy atom. The third kappa shape index (κ3) is 2.97. The lowest BCUT2D eigenvalue weighted by Gasteiger charge is -2.25. The molecule has 110 valence electrons. The molecular weight excluding hydrogens is 270 g/mol. The number of hydrogen-bond donors (Lipinski definition) is 2. The maximum Gasteiger partial charge on any atom is 0.323 e. The van der Waals surface area contributed by atoms with E-state index < -0.39 is 18.4 Å². The number of benzene rings is 2. The molecule has 0 unspecified atom stereocenters. The molecule has 5 nitrogen and oxygen atoms in total. The highest BCUT2D eigenvalue weighted by molar-refractivity contribution is 6.04. The first kappa shape index (κ1) is 14.8. The summed E-state index contributed by atoms with van der Waals surface area (Å²) in [5.74, 6) is -1.69. The number of carboxylic acid groups (broad SMARTS) is 1. The van der Waals surface area contributed by atoms with Crippen LogP contribution in [-0.2, 0) is 4.79 Å². The maximum absolute atomic E-state index is 12.5. The van der Waals surface area contributed by atoms with Gasteiger partial charge in [-0.15, -0.1) is 0 Å². The minimum absolute atomic E-state index is 0.114. The zero-order valence-corrected chi connectivity index (χ0v) is 11.9. The fourth-order valence-electron chi connectivity index (χ4n) is 2.22. The first-order valence-electron chi connectivity index (χ1n) is 6.65. The van der Waals surface area contributed by atoms with Gasteiger partial charge in [0.15, 0.2) is 0 Å². The van der Waals surface area contributed by atoms with Crippen LogP contribution in [0, 0.1) is 0 Å². The van der Waals surface area contributed by atoms with Crippen LogP contribution in [0.2, 0.25) is 0 Å². The van der Waals surface area contributed by atoms with Crippen molar-refractivity contribution >= 4 is 22.6 Å².